The van der Waals surface area contributed by atoms with Crippen molar-refractivity contribution in [3.8, 4) is 11.5 Å². The summed E-state index contributed by atoms with van der Waals surface area (Å²) in [7, 11) is 0. The monoisotopic (exact) mass is 424 g/mol. The average molecular weight is 427 g/mol. The Morgan fingerprint density at radius 2 is 1.29 bits per heavy atom. The van der Waals surface area contributed by atoms with Gasteiger partial charge in [0.25, 0.3) is 0 Å². The molecule has 2 aromatic carbocycles. The molecule has 94 valence electrons. The smallest absolute Gasteiger partial charge is 0.127 e. The Morgan fingerprint density at radius 1 is 0.706 bits per heavy atom. The van der Waals surface area contributed by atoms with Gasteiger partial charge in [0, 0.05) is 0 Å². The molecule has 0 spiro atoms. The lowest BCUT2D eigenvalue weighted by molar-refractivity contribution is 0.482. The largest absolute Gasteiger partial charge is 0.457 e. The second-order valence-corrected chi connectivity index (χ2v) is 3.23. The summed E-state index contributed by atoms with van der Waals surface area (Å²) < 4.78 is 5.66. The van der Waals surface area contributed by atoms with E-state index in [1.54, 1.807) is 0 Å². The minimum absolute atomic E-state index is 0. The maximum absolute atomic E-state index is 5.66. The van der Waals surface area contributed by atoms with Gasteiger partial charge in [0.2, 0.25) is 0 Å². The van der Waals surface area contributed by atoms with Crippen molar-refractivity contribution in [1.82, 2.24) is 0 Å². The van der Waals surface area contributed by atoms with Crippen LogP contribution in [0.25, 0.3) is 0 Å². The van der Waals surface area contributed by atoms with Crippen molar-refractivity contribution in [2.45, 2.75) is 6.92 Å². The predicted molar refractivity (Wildman–Crippen MR) is 88.7 cm³/mol. The van der Waals surface area contributed by atoms with Gasteiger partial charge in [-0.25, -0.2) is 0 Å². The Labute approximate surface area is 134 Å². The first-order chi connectivity index (χ1) is 6.84. The van der Waals surface area contributed by atoms with E-state index < -0.39 is 0 Å². The summed E-state index contributed by atoms with van der Waals surface area (Å²) in [6, 6.07) is 17.8. The number of hydrogen-bond acceptors (Lipinski definition) is 1. The van der Waals surface area contributed by atoms with E-state index in [0.717, 1.165) is 11.5 Å². The van der Waals surface area contributed by atoms with Gasteiger partial charge in [0.1, 0.15) is 11.5 Å². The Balaban J connectivity index is 0. The van der Waals surface area contributed by atoms with Gasteiger partial charge >= 0.3 is 0 Å². The molecule has 0 N–H and O–H groups in total. The Bertz CT molecular complexity index is 418. The zero-order valence-corrected chi connectivity index (χ0v) is 14.5. The molecule has 0 aromatic heterocycles. The lowest BCUT2D eigenvalue weighted by Gasteiger charge is -2.05. The Kier molecular flexibility index (Phi) is 10.8. The van der Waals surface area contributed by atoms with Crippen LogP contribution < -0.4 is 4.74 Å². The highest BCUT2D eigenvalue weighted by atomic mass is 79.9. The third kappa shape index (κ3) is 6.24. The molecule has 0 fully saturated rings. The van der Waals surface area contributed by atoms with Crippen LogP contribution in [-0.2, 0) is 0 Å². The van der Waals surface area contributed by atoms with Crippen molar-refractivity contribution >= 4 is 50.9 Å². The summed E-state index contributed by atoms with van der Waals surface area (Å²) in [5.74, 6) is 1.76. The molecule has 0 atom stereocenters. The summed E-state index contributed by atoms with van der Waals surface area (Å²) in [6.07, 6.45) is 0. The topological polar surface area (TPSA) is 9.23 Å². The molecule has 0 heterocycles. The van der Waals surface area contributed by atoms with Crippen molar-refractivity contribution < 1.29 is 4.74 Å². The normalized spacial score (nSPS) is 8.06. The predicted octanol–water partition coefficient (Wildman–Crippen LogP) is 5.52. The van der Waals surface area contributed by atoms with Crippen molar-refractivity contribution in [2.75, 3.05) is 0 Å². The van der Waals surface area contributed by atoms with Crippen molar-refractivity contribution in [2.24, 2.45) is 0 Å². The van der Waals surface area contributed by atoms with Gasteiger partial charge in [-0.15, -0.1) is 50.9 Å². The lowest BCUT2D eigenvalue weighted by Crippen LogP contribution is -1.83. The van der Waals surface area contributed by atoms with E-state index in [9.17, 15) is 0 Å². The molecule has 4 heteroatoms. The van der Waals surface area contributed by atoms with Crippen LogP contribution in [0, 0.1) is 6.92 Å². The Hall–Kier alpha value is -0.320. The first-order valence-corrected chi connectivity index (χ1v) is 4.64. The van der Waals surface area contributed by atoms with Gasteiger partial charge in [-0.05, 0) is 36.8 Å². The summed E-state index contributed by atoms with van der Waals surface area (Å²) in [5.41, 5.74) is 1.21. The zero-order chi connectivity index (χ0) is 9.80. The zero-order valence-electron chi connectivity index (χ0n) is 9.33. The molecule has 0 unspecified atom stereocenters. The maximum atomic E-state index is 5.66. The van der Waals surface area contributed by atoms with Gasteiger partial charge in [0.15, 0.2) is 0 Å². The van der Waals surface area contributed by atoms with Crippen molar-refractivity contribution in [3.05, 3.63) is 60.2 Å². The lowest BCUT2D eigenvalue weighted by atomic mass is 10.2. The number of rotatable bonds is 2. The molecule has 0 amide bonds. The molecule has 0 aliphatic heterocycles. The minimum atomic E-state index is 0. The first-order valence-electron chi connectivity index (χ1n) is 4.64. The van der Waals surface area contributed by atoms with Gasteiger partial charge in [-0.1, -0.05) is 30.3 Å². The minimum Gasteiger partial charge on any atom is -0.457 e. The van der Waals surface area contributed by atoms with Crippen LogP contribution in [0.1, 0.15) is 5.56 Å². The van der Waals surface area contributed by atoms with Crippen LogP contribution in [0.3, 0.4) is 0 Å². The molecule has 0 aliphatic rings. The van der Waals surface area contributed by atoms with Gasteiger partial charge in [0.05, 0.1) is 0 Å². The molecule has 17 heavy (non-hydrogen) atoms. The van der Waals surface area contributed by atoms with E-state index in [2.05, 4.69) is 13.0 Å². The first kappa shape index (κ1) is 19.0. The molecular weight excluding hydrogens is 412 g/mol. The average Bonchev–Trinajstić information content (AvgIpc) is 2.19. The summed E-state index contributed by atoms with van der Waals surface area (Å²) in [5, 5.41) is 0. The van der Waals surface area contributed by atoms with Crippen LogP contribution in [0.2, 0.25) is 0 Å². The quantitative estimate of drug-likeness (QED) is 0.614. The van der Waals surface area contributed by atoms with E-state index in [4.69, 9.17) is 4.74 Å². The molecule has 0 radical (unpaired) electrons. The number of benzene rings is 2. The third-order valence-corrected chi connectivity index (χ3v) is 1.97. The SMILES string of the molecule is Br.Br.Br.Cc1cccc(Oc2ccccc2)c1. The molecule has 0 saturated carbocycles. The standard InChI is InChI=1S/C13H12O.3BrH/c1-11-6-5-9-13(10-11)14-12-7-3-2-4-8-12;;;/h2-10H,1H3;3*1H. The summed E-state index contributed by atoms with van der Waals surface area (Å²) in [6.45, 7) is 2.05. The highest BCUT2D eigenvalue weighted by molar-refractivity contribution is 8.93. The van der Waals surface area contributed by atoms with Crippen LogP contribution >= 0.6 is 50.9 Å². The highest BCUT2D eigenvalue weighted by Gasteiger charge is 1.95. The molecule has 2 aromatic rings. The fourth-order valence-electron chi connectivity index (χ4n) is 1.30. The van der Waals surface area contributed by atoms with E-state index in [1.807, 2.05) is 48.5 Å². The second-order valence-electron chi connectivity index (χ2n) is 3.23. The van der Waals surface area contributed by atoms with Gasteiger partial charge < -0.3 is 4.74 Å². The Morgan fingerprint density at radius 3 is 1.88 bits per heavy atom. The molecule has 2 rings (SSSR count). The summed E-state index contributed by atoms with van der Waals surface area (Å²) in [4.78, 5) is 0. The molecule has 0 bridgehead atoms. The van der Waals surface area contributed by atoms with Crippen LogP contribution in [0.5, 0.6) is 11.5 Å². The third-order valence-electron chi connectivity index (χ3n) is 1.97. The highest BCUT2D eigenvalue weighted by Crippen LogP contribution is 2.21. The fraction of sp³-hybridized carbons (Fsp3) is 0.0769. The van der Waals surface area contributed by atoms with Crippen LogP contribution in [-0.4, -0.2) is 0 Å². The second kappa shape index (κ2) is 9.68. The summed E-state index contributed by atoms with van der Waals surface area (Å²) >= 11 is 0. The van der Waals surface area contributed by atoms with E-state index >= 15 is 0 Å². The van der Waals surface area contributed by atoms with Gasteiger partial charge in [-0.2, -0.15) is 0 Å². The maximum Gasteiger partial charge on any atom is 0.127 e. The molecule has 1 nitrogen and oxygen atoms in total. The van der Waals surface area contributed by atoms with E-state index in [-0.39, 0.29) is 50.9 Å². The van der Waals surface area contributed by atoms with Crippen LogP contribution in [0.15, 0.2) is 54.6 Å². The fourth-order valence-corrected chi connectivity index (χ4v) is 1.30. The van der Waals surface area contributed by atoms with E-state index in [0.29, 0.717) is 0 Å². The van der Waals surface area contributed by atoms with E-state index in [1.165, 1.54) is 5.56 Å². The molecular formula is C13H15Br3O. The molecule has 0 aliphatic carbocycles. The number of aryl methyl sites for hydroxylation is 1. The number of ether oxygens (including phenoxy) is 1. The number of para-hydroxylation sites is 1. The van der Waals surface area contributed by atoms with Crippen molar-refractivity contribution in [1.29, 1.82) is 0 Å². The van der Waals surface area contributed by atoms with Gasteiger partial charge in [-0.3, -0.25) is 0 Å². The van der Waals surface area contributed by atoms with Crippen molar-refractivity contribution in [3.63, 3.8) is 0 Å². The number of hydrogen-bond donors (Lipinski definition) is 0. The van der Waals surface area contributed by atoms with Crippen LogP contribution in [0.4, 0.5) is 0 Å². The number of halogens is 3. The molecule has 0 saturated heterocycles.